The lowest BCUT2D eigenvalue weighted by Crippen LogP contribution is -2.65. The third-order valence-electron chi connectivity index (χ3n) is 23.6. The fraction of sp³-hybridized carbons (Fsp3) is 0.968. The smallest absolute Gasteiger partial charge is 0.187 e. The summed E-state index contributed by atoms with van der Waals surface area (Å²) >= 11 is 0. The van der Waals surface area contributed by atoms with Crippen LogP contribution in [0, 0.1) is 57.2 Å². The Hall–Kier alpha value is -1.34. The van der Waals surface area contributed by atoms with Gasteiger partial charge >= 0.3 is 0 Å². The first kappa shape index (κ1) is 71.9. The lowest BCUT2D eigenvalue weighted by atomic mass is 9.38. The highest BCUT2D eigenvalue weighted by Gasteiger charge is 2.70. The summed E-state index contributed by atoms with van der Waals surface area (Å²) < 4.78 is 60.4. The number of rotatable bonds is 20. The van der Waals surface area contributed by atoms with Gasteiger partial charge in [-0.15, -0.1) is 0 Å². The first-order valence-corrected chi connectivity index (χ1v) is 32.2. The molecule has 5 saturated heterocycles. The van der Waals surface area contributed by atoms with Crippen molar-refractivity contribution < 1.29 is 134 Å². The van der Waals surface area contributed by atoms with Crippen molar-refractivity contribution in [2.45, 2.75) is 286 Å². The lowest BCUT2D eigenvalue weighted by Gasteiger charge is -2.67. The Bertz CT molecular complexity index is 2340. The van der Waals surface area contributed by atoms with Crippen LogP contribution in [0.1, 0.15) is 121 Å². The Morgan fingerprint density at radius 2 is 1.01 bits per heavy atom. The standard InChI is InChI=1S/C62H106O27/c1-25(11-15-39(59(6,7)79)88-57-52(89-55-43(70)27(3)41(68)32(21-64)84-55)49(76)46(73)35(86-57)24-80-53-42(69)26(2)40(67)31(20-63)82-53)28-17-18-60(8)36-14-12-29-30(62(36,10)37(66)19-61(28,60)9)13-16-38(58(29,4)5)87-56-51(78)48(75)45(72)34(85-56)23-81-54-50(77)47(74)44(71)33(22-65)83-54/h12,25-28,30-57,63-79H,11,13-24H2,1-10H3/t25-,26+,27+,28?,30?,31-,32-,33-,34-,35-,36?,37-,38+,39-,40+,41+,42-,43-,44-,45-,46-,47+,48+,49+,50-,51-,52-,53+,54+,55+,56+,57+,60+,61-,62+/m1/s1. The normalized spacial score (nSPS) is 51.8. The molecule has 0 amide bonds. The minimum atomic E-state index is -1.83. The van der Waals surface area contributed by atoms with Crippen LogP contribution in [0.2, 0.25) is 0 Å². The SMILES string of the molecule is C[C@@H]1[C@@H](O)[C@H](O[C@H]2[C@H](O[C@H](CC[C@@H](C)C3CC[C@@]4(C)C5CC=C6C(CC[C@H](O[C@@H]7O[C@H](CO[C@H]8O[C@H](CO)[C@@H](O)[C@H](O)[C@H]8O)[C@@H](O)[C@H](O)[C@H]7O)C6(C)C)[C@]5(C)[C@H](O)C[C@]34C)C(C)(C)O)O[C@H](CO[C@H]3O[C@H](CO)[C@@H](O)[C@H](C)[C@H]3O)[C@@H](O)[C@@H]2O)O[C@H](CO)[C@H]1O. The van der Waals surface area contributed by atoms with Gasteiger partial charge in [-0.3, -0.25) is 0 Å². The second-order valence-electron chi connectivity index (χ2n) is 29.5. The second kappa shape index (κ2) is 27.6. The van der Waals surface area contributed by atoms with E-state index in [0.717, 1.165) is 18.4 Å². The van der Waals surface area contributed by atoms with E-state index in [1.165, 1.54) is 6.92 Å². The van der Waals surface area contributed by atoms with Gasteiger partial charge in [-0.1, -0.05) is 67.0 Å². The lowest BCUT2D eigenvalue weighted by molar-refractivity contribution is -0.377. The molecule has 5 heterocycles. The van der Waals surface area contributed by atoms with Gasteiger partial charge in [0.1, 0.15) is 97.7 Å². The first-order valence-electron chi connectivity index (χ1n) is 32.2. The van der Waals surface area contributed by atoms with Crippen LogP contribution in [-0.2, 0) is 47.4 Å². The fourth-order valence-electron chi connectivity index (χ4n) is 17.4. The van der Waals surface area contributed by atoms with E-state index in [-0.39, 0.29) is 40.9 Å². The van der Waals surface area contributed by atoms with E-state index in [2.05, 4.69) is 47.6 Å². The molecule has 0 aromatic carbocycles. The van der Waals surface area contributed by atoms with Gasteiger partial charge in [0.2, 0.25) is 0 Å². The van der Waals surface area contributed by atoms with Gasteiger partial charge < -0.3 is 134 Å². The van der Waals surface area contributed by atoms with E-state index >= 15 is 0 Å². The van der Waals surface area contributed by atoms with Gasteiger partial charge in [0, 0.05) is 22.7 Å². The molecule has 35 atom stereocenters. The summed E-state index contributed by atoms with van der Waals surface area (Å²) in [6, 6.07) is 0. The average molecular weight is 1280 g/mol. The number of hydrogen-bond acceptors (Lipinski definition) is 27. The van der Waals surface area contributed by atoms with Crippen molar-refractivity contribution >= 4 is 0 Å². The Morgan fingerprint density at radius 1 is 0.539 bits per heavy atom. The minimum Gasteiger partial charge on any atom is -0.394 e. The molecule has 3 saturated carbocycles. The molecule has 27 heteroatoms. The van der Waals surface area contributed by atoms with E-state index in [4.69, 9.17) is 47.4 Å². The maximum Gasteiger partial charge on any atom is 0.187 e. The van der Waals surface area contributed by atoms with E-state index in [9.17, 15) is 86.8 Å². The molecular weight excluding hydrogens is 1180 g/mol. The Kier molecular flexibility index (Phi) is 22.3. The maximum atomic E-state index is 12.9. The predicted molar refractivity (Wildman–Crippen MR) is 307 cm³/mol. The van der Waals surface area contributed by atoms with E-state index in [1.807, 2.05) is 0 Å². The number of fused-ring (bicyclic) bond motifs is 5. The molecule has 0 bridgehead atoms. The molecule has 516 valence electrons. The van der Waals surface area contributed by atoms with Gasteiger partial charge in [-0.05, 0) is 99.7 Å². The average Bonchev–Trinajstić information content (AvgIpc) is 1.67. The van der Waals surface area contributed by atoms with Crippen LogP contribution >= 0.6 is 0 Å². The van der Waals surface area contributed by atoms with E-state index < -0.39 is 221 Å². The molecule has 89 heavy (non-hydrogen) atoms. The molecule has 4 aliphatic carbocycles. The summed E-state index contributed by atoms with van der Waals surface area (Å²) in [6.45, 7) is 16.5. The number of aliphatic hydroxyl groups is 17. The maximum absolute atomic E-state index is 12.9. The second-order valence-corrected chi connectivity index (χ2v) is 29.5. The van der Waals surface area contributed by atoms with Crippen molar-refractivity contribution in [2.24, 2.45) is 57.2 Å². The molecule has 9 aliphatic rings. The molecule has 3 unspecified atom stereocenters. The Labute approximate surface area is 520 Å². The molecule has 0 aromatic rings. The van der Waals surface area contributed by atoms with E-state index in [0.29, 0.717) is 32.1 Å². The van der Waals surface area contributed by atoms with Crippen molar-refractivity contribution in [3.8, 4) is 0 Å². The third kappa shape index (κ3) is 13.1. The zero-order valence-electron chi connectivity index (χ0n) is 52.9. The molecule has 0 spiro atoms. The minimum absolute atomic E-state index is 0.0106. The summed E-state index contributed by atoms with van der Waals surface area (Å²) in [5.74, 6) is -1.53. The Morgan fingerprint density at radius 3 is 1.57 bits per heavy atom. The van der Waals surface area contributed by atoms with Crippen LogP contribution in [0.3, 0.4) is 0 Å². The molecule has 8 fully saturated rings. The molecule has 0 radical (unpaired) electrons. The molecule has 17 N–H and O–H groups in total. The van der Waals surface area contributed by atoms with Crippen molar-refractivity contribution in [1.29, 1.82) is 0 Å². The topological polar surface area (TPSA) is 436 Å². The molecular formula is C62H106O27. The van der Waals surface area contributed by atoms with Crippen molar-refractivity contribution in [3.05, 3.63) is 11.6 Å². The van der Waals surface area contributed by atoms with Gasteiger partial charge in [0.25, 0.3) is 0 Å². The van der Waals surface area contributed by atoms with Gasteiger partial charge in [-0.2, -0.15) is 0 Å². The molecule has 9 rings (SSSR count). The van der Waals surface area contributed by atoms with Crippen LogP contribution in [0.5, 0.6) is 0 Å². The third-order valence-corrected chi connectivity index (χ3v) is 23.6. The van der Waals surface area contributed by atoms with Crippen LogP contribution in [0.25, 0.3) is 0 Å². The molecule has 27 nitrogen and oxygen atoms in total. The summed E-state index contributed by atoms with van der Waals surface area (Å²) in [7, 11) is 0. The van der Waals surface area contributed by atoms with E-state index in [1.54, 1.807) is 20.8 Å². The van der Waals surface area contributed by atoms with Gasteiger partial charge in [-0.25, -0.2) is 0 Å². The quantitative estimate of drug-likeness (QED) is 0.0545. The zero-order valence-corrected chi connectivity index (χ0v) is 52.9. The van der Waals surface area contributed by atoms with Gasteiger partial charge in [0.15, 0.2) is 31.5 Å². The summed E-state index contributed by atoms with van der Waals surface area (Å²) in [5, 5.41) is 186. The first-order chi connectivity index (χ1) is 41.6. The van der Waals surface area contributed by atoms with Crippen molar-refractivity contribution in [1.82, 2.24) is 0 Å². The highest BCUT2D eigenvalue weighted by atomic mass is 16.8. The van der Waals surface area contributed by atoms with Crippen LogP contribution in [0.15, 0.2) is 11.6 Å². The van der Waals surface area contributed by atoms with Crippen molar-refractivity contribution in [2.75, 3.05) is 33.0 Å². The summed E-state index contributed by atoms with van der Waals surface area (Å²) in [5.41, 5.74) is -2.29. The van der Waals surface area contributed by atoms with Crippen LogP contribution < -0.4 is 0 Å². The molecule has 5 aliphatic heterocycles. The number of ether oxygens (including phenoxy) is 10. The summed E-state index contributed by atoms with van der Waals surface area (Å²) in [4.78, 5) is 0. The summed E-state index contributed by atoms with van der Waals surface area (Å²) in [6.07, 6.45) is -29.6. The predicted octanol–water partition coefficient (Wildman–Crippen LogP) is -2.86. The van der Waals surface area contributed by atoms with Crippen molar-refractivity contribution in [3.63, 3.8) is 0 Å². The Balaban J connectivity index is 0.883. The highest BCUT2D eigenvalue weighted by molar-refractivity contribution is 5.32. The van der Waals surface area contributed by atoms with Gasteiger partial charge in [0.05, 0.1) is 69.2 Å². The van der Waals surface area contributed by atoms with Crippen LogP contribution in [0.4, 0.5) is 0 Å². The fourth-order valence-corrected chi connectivity index (χ4v) is 17.4. The monoisotopic (exact) mass is 1280 g/mol. The number of aliphatic hydroxyl groups excluding tert-OH is 16. The molecule has 0 aromatic heterocycles. The number of allylic oxidation sites excluding steroid dienone is 1. The van der Waals surface area contributed by atoms with Crippen LogP contribution in [-0.4, -0.2) is 285 Å². The largest absolute Gasteiger partial charge is 0.394 e. The highest BCUT2D eigenvalue weighted by Crippen LogP contribution is 2.75. The number of hydrogen-bond donors (Lipinski definition) is 17. The zero-order chi connectivity index (χ0) is 65.5.